The van der Waals surface area contributed by atoms with Crippen LogP contribution < -0.4 is 15.4 Å². The zero-order valence-corrected chi connectivity index (χ0v) is 20.9. The number of nitrogens with one attached hydrogen (secondary N) is 2. The largest absolute Gasteiger partial charge is 0.467 e. The molecule has 36 heavy (non-hydrogen) atoms. The van der Waals surface area contributed by atoms with E-state index in [0.29, 0.717) is 36.9 Å². The van der Waals surface area contributed by atoms with Crippen molar-refractivity contribution in [2.24, 2.45) is 0 Å². The zero-order chi connectivity index (χ0) is 26.3. The first-order chi connectivity index (χ1) is 16.9. The van der Waals surface area contributed by atoms with Crippen LogP contribution in [0.15, 0.2) is 24.8 Å². The number of alkyl halides is 2. The van der Waals surface area contributed by atoms with Crippen LogP contribution in [0.4, 0.5) is 13.6 Å². The fourth-order valence-electron chi connectivity index (χ4n) is 3.77. The van der Waals surface area contributed by atoms with E-state index in [1.54, 1.807) is 20.8 Å². The van der Waals surface area contributed by atoms with Gasteiger partial charge in [0.2, 0.25) is 5.91 Å². The summed E-state index contributed by atoms with van der Waals surface area (Å²) in [5, 5.41) is 5.65. The molecule has 196 valence electrons. The molecule has 1 fully saturated rings. The van der Waals surface area contributed by atoms with Gasteiger partial charge in [-0.25, -0.2) is 14.8 Å². The van der Waals surface area contributed by atoms with Gasteiger partial charge in [0.1, 0.15) is 11.3 Å². The molecule has 2 heterocycles. The second kappa shape index (κ2) is 11.5. The van der Waals surface area contributed by atoms with E-state index in [2.05, 4.69) is 30.6 Å². The van der Waals surface area contributed by atoms with Crippen LogP contribution in [0.25, 0.3) is 11.3 Å². The van der Waals surface area contributed by atoms with Crippen molar-refractivity contribution >= 4 is 12.0 Å². The summed E-state index contributed by atoms with van der Waals surface area (Å²) in [6.07, 6.45) is 6.25. The Morgan fingerprint density at radius 3 is 2.08 bits per heavy atom. The van der Waals surface area contributed by atoms with Crippen molar-refractivity contribution in [1.29, 1.82) is 0 Å². The van der Waals surface area contributed by atoms with Crippen molar-refractivity contribution in [3.63, 3.8) is 0 Å². The molecule has 0 spiro atoms. The summed E-state index contributed by atoms with van der Waals surface area (Å²) in [6, 6.07) is 0.0237. The molecule has 0 aromatic carbocycles. The summed E-state index contributed by atoms with van der Waals surface area (Å²) >= 11 is 0. The predicted molar refractivity (Wildman–Crippen MR) is 126 cm³/mol. The zero-order valence-electron chi connectivity index (χ0n) is 20.9. The highest BCUT2D eigenvalue weighted by Gasteiger charge is 2.34. The Balaban J connectivity index is 1.43. The Bertz CT molecular complexity index is 1020. The Hall–Kier alpha value is -3.44. The Labute approximate surface area is 208 Å². The van der Waals surface area contributed by atoms with E-state index in [9.17, 15) is 18.4 Å². The van der Waals surface area contributed by atoms with E-state index in [4.69, 9.17) is 9.47 Å². The molecule has 12 heteroatoms. The van der Waals surface area contributed by atoms with Gasteiger partial charge in [-0.3, -0.25) is 14.8 Å². The minimum Gasteiger partial charge on any atom is -0.467 e. The lowest BCUT2D eigenvalue weighted by Gasteiger charge is -2.30. The summed E-state index contributed by atoms with van der Waals surface area (Å²) in [5.74, 6) is -3.76. The van der Waals surface area contributed by atoms with Crippen LogP contribution in [0, 0.1) is 0 Å². The SMILES string of the molecule is COc1ncc(-c2cnc(C(F)(F)CCC(=O)NC3CCC(NC(=O)OC(C)(C)C)CC3)cn2)cn1. The molecule has 1 saturated carbocycles. The molecule has 0 unspecified atom stereocenters. The third-order valence-corrected chi connectivity index (χ3v) is 5.61. The number of carbonyl (C=O) groups is 2. The van der Waals surface area contributed by atoms with Gasteiger partial charge in [0, 0.05) is 42.9 Å². The molecule has 2 aromatic rings. The maximum Gasteiger partial charge on any atom is 0.407 e. The number of carbonyl (C=O) groups excluding carboxylic acids is 2. The molecule has 0 atom stereocenters. The van der Waals surface area contributed by atoms with Crippen LogP contribution in [0.2, 0.25) is 0 Å². The number of ether oxygens (including phenoxy) is 2. The quantitative estimate of drug-likeness (QED) is 0.554. The number of aromatic nitrogens is 4. The molecule has 0 aliphatic heterocycles. The molecule has 2 aromatic heterocycles. The lowest BCUT2D eigenvalue weighted by Crippen LogP contribution is -2.45. The number of methoxy groups -OCH3 is 1. The lowest BCUT2D eigenvalue weighted by atomic mass is 9.91. The molecule has 3 rings (SSSR count). The first-order valence-corrected chi connectivity index (χ1v) is 11.8. The summed E-state index contributed by atoms with van der Waals surface area (Å²) < 4.78 is 39.4. The van der Waals surface area contributed by atoms with Crippen LogP contribution in [-0.2, 0) is 15.5 Å². The van der Waals surface area contributed by atoms with Crippen molar-refractivity contribution in [3.8, 4) is 17.3 Å². The van der Waals surface area contributed by atoms with Crippen LogP contribution >= 0.6 is 0 Å². The highest BCUT2D eigenvalue weighted by molar-refractivity contribution is 5.76. The average Bonchev–Trinajstić information content (AvgIpc) is 2.83. The van der Waals surface area contributed by atoms with Crippen molar-refractivity contribution in [3.05, 3.63) is 30.5 Å². The highest BCUT2D eigenvalue weighted by atomic mass is 19.3. The number of nitrogens with zero attached hydrogens (tertiary/aromatic N) is 4. The smallest absolute Gasteiger partial charge is 0.407 e. The van der Waals surface area contributed by atoms with Gasteiger partial charge in [-0.1, -0.05) is 0 Å². The molecule has 0 radical (unpaired) electrons. The van der Waals surface area contributed by atoms with Crippen molar-refractivity contribution in [2.75, 3.05) is 7.11 Å². The Morgan fingerprint density at radius 2 is 1.56 bits per heavy atom. The maximum absolute atomic E-state index is 14.6. The van der Waals surface area contributed by atoms with Crippen LogP contribution in [0.5, 0.6) is 6.01 Å². The summed E-state index contributed by atoms with van der Waals surface area (Å²) in [4.78, 5) is 40.0. The number of hydrogen-bond acceptors (Lipinski definition) is 8. The number of hydrogen-bond donors (Lipinski definition) is 2. The molecular formula is C24H32F2N6O4. The fraction of sp³-hybridized carbons (Fsp3) is 0.583. The molecule has 10 nitrogen and oxygen atoms in total. The fourth-order valence-corrected chi connectivity index (χ4v) is 3.77. The molecular weight excluding hydrogens is 474 g/mol. The minimum absolute atomic E-state index is 0.0386. The molecule has 0 saturated heterocycles. The van der Waals surface area contributed by atoms with Crippen molar-refractivity contribution < 1.29 is 27.8 Å². The minimum atomic E-state index is -3.31. The predicted octanol–water partition coefficient (Wildman–Crippen LogP) is 3.77. The summed E-state index contributed by atoms with van der Waals surface area (Å²) in [7, 11) is 1.43. The van der Waals surface area contributed by atoms with E-state index in [1.807, 2.05) is 0 Å². The van der Waals surface area contributed by atoms with Gasteiger partial charge in [-0.05, 0) is 46.5 Å². The Morgan fingerprint density at radius 1 is 0.944 bits per heavy atom. The van der Waals surface area contributed by atoms with E-state index >= 15 is 0 Å². The first kappa shape index (κ1) is 27.2. The van der Waals surface area contributed by atoms with Gasteiger partial charge < -0.3 is 20.1 Å². The molecule has 2 amide bonds. The number of halogens is 2. The summed E-state index contributed by atoms with van der Waals surface area (Å²) in [5.41, 5.74) is -0.237. The molecule has 2 N–H and O–H groups in total. The maximum atomic E-state index is 14.6. The molecule has 1 aliphatic rings. The van der Waals surface area contributed by atoms with E-state index in [0.717, 1.165) is 6.20 Å². The van der Waals surface area contributed by atoms with Crippen molar-refractivity contribution in [1.82, 2.24) is 30.6 Å². The van der Waals surface area contributed by atoms with E-state index in [1.165, 1.54) is 25.7 Å². The molecule has 1 aliphatic carbocycles. The normalized spacial score (nSPS) is 18.3. The lowest BCUT2D eigenvalue weighted by molar-refractivity contribution is -0.124. The standard InChI is InChI=1S/C24H32F2N6O4/c1-23(2,3)36-22(34)32-17-7-5-16(6-8-17)31-20(33)9-10-24(25,26)19-14-27-18(13-28-19)15-11-29-21(35-4)30-12-15/h11-14,16-17H,5-10H2,1-4H3,(H,31,33)(H,32,34). The van der Waals surface area contributed by atoms with Gasteiger partial charge >= 0.3 is 12.1 Å². The third-order valence-electron chi connectivity index (χ3n) is 5.61. The van der Waals surface area contributed by atoms with Gasteiger partial charge in [-0.15, -0.1) is 0 Å². The van der Waals surface area contributed by atoms with Crippen LogP contribution in [-0.4, -0.2) is 56.7 Å². The number of amides is 2. The van der Waals surface area contributed by atoms with E-state index < -0.39 is 35.6 Å². The van der Waals surface area contributed by atoms with Gasteiger partial charge in [0.15, 0.2) is 0 Å². The third kappa shape index (κ3) is 8.06. The first-order valence-electron chi connectivity index (χ1n) is 11.8. The Kier molecular flexibility index (Phi) is 8.70. The van der Waals surface area contributed by atoms with Gasteiger partial charge in [-0.2, -0.15) is 8.78 Å². The molecule has 0 bridgehead atoms. The van der Waals surface area contributed by atoms with Gasteiger partial charge in [0.25, 0.3) is 5.92 Å². The highest BCUT2D eigenvalue weighted by Crippen LogP contribution is 2.32. The number of alkyl carbamates (subject to hydrolysis) is 1. The van der Waals surface area contributed by atoms with Crippen LogP contribution in [0.3, 0.4) is 0 Å². The van der Waals surface area contributed by atoms with Crippen molar-refractivity contribution in [2.45, 2.75) is 82.9 Å². The van der Waals surface area contributed by atoms with Crippen LogP contribution in [0.1, 0.15) is 65.0 Å². The monoisotopic (exact) mass is 506 g/mol. The second-order valence-electron chi connectivity index (χ2n) is 9.71. The number of rotatable bonds is 8. The average molecular weight is 507 g/mol. The van der Waals surface area contributed by atoms with Gasteiger partial charge in [0.05, 0.1) is 25.2 Å². The van der Waals surface area contributed by atoms with E-state index in [-0.39, 0.29) is 24.5 Å². The second-order valence-corrected chi connectivity index (χ2v) is 9.71. The summed E-state index contributed by atoms with van der Waals surface area (Å²) in [6.45, 7) is 5.38. The topological polar surface area (TPSA) is 128 Å².